The molecule has 2 aromatic carbocycles. The maximum absolute atomic E-state index is 13.9. The number of rotatable bonds is 1. The molecule has 4 atom stereocenters. The molecule has 1 N–H and O–H groups in total. The SMILES string of the molecule is Cc1cc(Cl)c2c(c1)[C@]1(C(=O)N2)[C@@H]2C(=O)N(c3ccccc3Br)C(=O)[C@H]2[C@H]2CCCN21. The second-order valence-electron chi connectivity index (χ2n) is 8.76. The zero-order chi connectivity index (χ0) is 21.7. The average molecular weight is 501 g/mol. The van der Waals surface area contributed by atoms with Crippen LogP contribution in [0.25, 0.3) is 0 Å². The standard InChI is InChI=1S/C23H19BrClN3O3/c1-11-9-12-19(14(25)10-11)26-22(31)23(12)18-17(16-7-4-8-27(16)23)20(29)28(21(18)30)15-6-3-2-5-13(15)24/h2-3,5-6,9-10,16-18H,4,7-8H2,1H3,(H,26,31)/t16-,17+,18+,23-/m1/s1. The number of anilines is 2. The first-order chi connectivity index (χ1) is 14.9. The first-order valence-corrected chi connectivity index (χ1v) is 11.6. The lowest BCUT2D eigenvalue weighted by Crippen LogP contribution is -2.54. The fourth-order valence-corrected chi connectivity index (χ4v) is 7.05. The number of nitrogens with zero attached hydrogens (tertiary/aromatic N) is 2. The van der Waals surface area contributed by atoms with Crippen LogP contribution < -0.4 is 10.2 Å². The van der Waals surface area contributed by atoms with E-state index in [9.17, 15) is 14.4 Å². The van der Waals surface area contributed by atoms with Crippen molar-refractivity contribution in [2.45, 2.75) is 31.3 Å². The van der Waals surface area contributed by atoms with Crippen LogP contribution in [0.5, 0.6) is 0 Å². The van der Waals surface area contributed by atoms with Gasteiger partial charge in [-0.3, -0.25) is 19.3 Å². The number of para-hydroxylation sites is 1. The molecule has 3 fully saturated rings. The summed E-state index contributed by atoms with van der Waals surface area (Å²) < 4.78 is 0.671. The van der Waals surface area contributed by atoms with Crippen molar-refractivity contribution in [2.75, 3.05) is 16.8 Å². The zero-order valence-corrected chi connectivity index (χ0v) is 19.0. The molecule has 6 rings (SSSR count). The Kier molecular flexibility index (Phi) is 4.02. The second kappa shape index (κ2) is 6.40. The van der Waals surface area contributed by atoms with Crippen LogP contribution in [0.15, 0.2) is 40.9 Å². The van der Waals surface area contributed by atoms with Crippen LogP contribution in [0.4, 0.5) is 11.4 Å². The van der Waals surface area contributed by atoms with Crippen molar-refractivity contribution in [3.63, 3.8) is 0 Å². The molecule has 31 heavy (non-hydrogen) atoms. The van der Waals surface area contributed by atoms with Crippen LogP contribution in [-0.4, -0.2) is 35.2 Å². The summed E-state index contributed by atoms with van der Waals surface area (Å²) in [6, 6.07) is 10.8. The normalized spacial score (nSPS) is 31.4. The molecule has 0 radical (unpaired) electrons. The Bertz CT molecular complexity index is 1200. The number of nitrogens with one attached hydrogen (secondary N) is 1. The van der Waals surface area contributed by atoms with Crippen LogP contribution in [0.1, 0.15) is 24.0 Å². The Morgan fingerprint density at radius 3 is 2.71 bits per heavy atom. The van der Waals surface area contributed by atoms with Gasteiger partial charge in [0.1, 0.15) is 5.54 Å². The molecule has 0 saturated carbocycles. The van der Waals surface area contributed by atoms with Crippen molar-refractivity contribution in [1.29, 1.82) is 0 Å². The monoisotopic (exact) mass is 499 g/mol. The molecule has 8 heteroatoms. The van der Waals surface area contributed by atoms with Gasteiger partial charge in [0.25, 0.3) is 5.91 Å². The molecule has 4 aliphatic rings. The van der Waals surface area contributed by atoms with Crippen molar-refractivity contribution < 1.29 is 14.4 Å². The van der Waals surface area contributed by atoms with E-state index in [2.05, 4.69) is 26.1 Å². The zero-order valence-electron chi connectivity index (χ0n) is 16.7. The summed E-state index contributed by atoms with van der Waals surface area (Å²) in [4.78, 5) is 44.6. The van der Waals surface area contributed by atoms with E-state index in [-0.39, 0.29) is 23.8 Å². The Morgan fingerprint density at radius 1 is 1.16 bits per heavy atom. The van der Waals surface area contributed by atoms with Gasteiger partial charge in [-0.1, -0.05) is 29.8 Å². The average Bonchev–Trinajstić information content (AvgIpc) is 3.42. The minimum absolute atomic E-state index is 0.148. The lowest BCUT2D eigenvalue weighted by atomic mass is 9.75. The van der Waals surface area contributed by atoms with Gasteiger partial charge in [-0.05, 0) is 66.0 Å². The molecule has 0 bridgehead atoms. The summed E-state index contributed by atoms with van der Waals surface area (Å²) >= 11 is 9.97. The predicted molar refractivity (Wildman–Crippen MR) is 120 cm³/mol. The lowest BCUT2D eigenvalue weighted by Gasteiger charge is -2.36. The minimum atomic E-state index is -1.21. The third kappa shape index (κ3) is 2.24. The van der Waals surface area contributed by atoms with Gasteiger partial charge in [-0.15, -0.1) is 0 Å². The van der Waals surface area contributed by atoms with Gasteiger partial charge < -0.3 is 5.32 Å². The first-order valence-electron chi connectivity index (χ1n) is 10.4. The Hall–Kier alpha value is -2.22. The summed E-state index contributed by atoms with van der Waals surface area (Å²) in [6.07, 6.45) is 1.67. The summed E-state index contributed by atoms with van der Waals surface area (Å²) in [5.74, 6) is -2.15. The van der Waals surface area contributed by atoms with Gasteiger partial charge in [-0.2, -0.15) is 0 Å². The molecule has 4 heterocycles. The Balaban J connectivity index is 1.60. The van der Waals surface area contributed by atoms with E-state index in [0.717, 1.165) is 24.0 Å². The highest BCUT2D eigenvalue weighted by Crippen LogP contribution is 2.61. The van der Waals surface area contributed by atoms with Crippen LogP contribution in [0.3, 0.4) is 0 Å². The van der Waals surface area contributed by atoms with Gasteiger partial charge in [-0.25, -0.2) is 4.90 Å². The number of fused-ring (bicyclic) bond motifs is 7. The van der Waals surface area contributed by atoms with E-state index >= 15 is 0 Å². The topological polar surface area (TPSA) is 69.7 Å². The van der Waals surface area contributed by atoms with Crippen LogP contribution in [0.2, 0.25) is 5.02 Å². The molecular formula is C23H19BrClN3O3. The van der Waals surface area contributed by atoms with Crippen LogP contribution >= 0.6 is 27.5 Å². The highest BCUT2D eigenvalue weighted by atomic mass is 79.9. The molecule has 0 aromatic heterocycles. The van der Waals surface area contributed by atoms with E-state index in [0.29, 0.717) is 27.4 Å². The fraction of sp³-hybridized carbons (Fsp3) is 0.348. The maximum Gasteiger partial charge on any atom is 0.250 e. The predicted octanol–water partition coefficient (Wildman–Crippen LogP) is 3.84. The molecule has 2 aromatic rings. The molecule has 0 unspecified atom stereocenters. The van der Waals surface area contributed by atoms with Gasteiger partial charge in [0.05, 0.1) is 28.2 Å². The van der Waals surface area contributed by atoms with Gasteiger partial charge in [0.2, 0.25) is 11.8 Å². The Morgan fingerprint density at radius 2 is 1.94 bits per heavy atom. The first kappa shape index (κ1) is 19.5. The van der Waals surface area contributed by atoms with E-state index in [1.807, 2.05) is 31.2 Å². The van der Waals surface area contributed by atoms with Gasteiger partial charge >= 0.3 is 0 Å². The highest BCUT2D eigenvalue weighted by molar-refractivity contribution is 9.10. The Labute approximate surface area is 192 Å². The van der Waals surface area contributed by atoms with Crippen molar-refractivity contribution in [2.24, 2.45) is 11.8 Å². The molecule has 158 valence electrons. The van der Waals surface area contributed by atoms with Crippen molar-refractivity contribution in [3.8, 4) is 0 Å². The maximum atomic E-state index is 13.9. The number of carbonyl (C=O) groups excluding carboxylic acids is 3. The number of benzene rings is 2. The summed E-state index contributed by atoms with van der Waals surface area (Å²) in [6.45, 7) is 2.59. The van der Waals surface area contributed by atoms with E-state index in [4.69, 9.17) is 11.6 Å². The highest BCUT2D eigenvalue weighted by Gasteiger charge is 2.74. The third-order valence-corrected chi connectivity index (χ3v) is 8.26. The van der Waals surface area contributed by atoms with Crippen LogP contribution in [0, 0.1) is 18.8 Å². The smallest absolute Gasteiger partial charge is 0.250 e. The molecule has 3 saturated heterocycles. The van der Waals surface area contributed by atoms with Crippen LogP contribution in [-0.2, 0) is 19.9 Å². The lowest BCUT2D eigenvalue weighted by molar-refractivity contribution is -0.135. The number of halogens is 2. The van der Waals surface area contributed by atoms with Crippen molar-refractivity contribution >= 4 is 56.6 Å². The van der Waals surface area contributed by atoms with Gasteiger partial charge in [0.15, 0.2) is 0 Å². The van der Waals surface area contributed by atoms with E-state index in [1.165, 1.54) is 4.90 Å². The van der Waals surface area contributed by atoms with Crippen molar-refractivity contribution in [3.05, 3.63) is 57.0 Å². The number of hydrogen-bond acceptors (Lipinski definition) is 4. The summed E-state index contributed by atoms with van der Waals surface area (Å²) in [5.41, 5.74) is 1.51. The fourth-order valence-electron chi connectivity index (χ4n) is 6.27. The minimum Gasteiger partial charge on any atom is -0.323 e. The number of hydrogen-bond donors (Lipinski definition) is 1. The molecular weight excluding hydrogens is 482 g/mol. The summed E-state index contributed by atoms with van der Waals surface area (Å²) in [5, 5.41) is 3.41. The number of carbonyl (C=O) groups is 3. The molecule has 1 spiro atoms. The molecule has 6 nitrogen and oxygen atoms in total. The van der Waals surface area contributed by atoms with Gasteiger partial charge in [0, 0.05) is 16.1 Å². The van der Waals surface area contributed by atoms with E-state index < -0.39 is 17.4 Å². The molecule has 0 aliphatic carbocycles. The van der Waals surface area contributed by atoms with E-state index in [1.54, 1.807) is 12.1 Å². The van der Waals surface area contributed by atoms with Crippen molar-refractivity contribution in [1.82, 2.24) is 4.90 Å². The summed E-state index contributed by atoms with van der Waals surface area (Å²) in [7, 11) is 0. The largest absolute Gasteiger partial charge is 0.323 e. The second-order valence-corrected chi connectivity index (χ2v) is 10.0. The quantitative estimate of drug-likeness (QED) is 0.604. The number of aryl methyl sites for hydroxylation is 1. The molecule has 3 amide bonds. The number of imide groups is 1. The number of amides is 3. The molecule has 4 aliphatic heterocycles. The third-order valence-electron chi connectivity index (χ3n) is 7.29.